The zero-order valence-electron chi connectivity index (χ0n) is 11.8. The topological polar surface area (TPSA) is 47.3 Å². The Balaban J connectivity index is 2.43. The van der Waals surface area contributed by atoms with Gasteiger partial charge in [0.05, 0.1) is 18.2 Å². The SMILES string of the molecule is CN(C)Cc1ccc(-c2cccc(C#N)c2)c(CO)c1. The molecule has 0 amide bonds. The van der Waals surface area contributed by atoms with E-state index in [-0.39, 0.29) is 6.61 Å². The highest BCUT2D eigenvalue weighted by molar-refractivity contribution is 5.69. The Morgan fingerprint density at radius 2 is 1.95 bits per heavy atom. The molecule has 0 aromatic heterocycles. The quantitative estimate of drug-likeness (QED) is 0.925. The van der Waals surface area contributed by atoms with Crippen LogP contribution in [0.2, 0.25) is 0 Å². The van der Waals surface area contributed by atoms with Crippen LogP contribution >= 0.6 is 0 Å². The number of aliphatic hydroxyl groups is 1. The normalized spacial score (nSPS) is 10.6. The first-order valence-electron chi connectivity index (χ1n) is 6.52. The molecule has 0 atom stereocenters. The number of nitriles is 1. The lowest BCUT2D eigenvalue weighted by Crippen LogP contribution is -2.11. The number of aliphatic hydroxyl groups excluding tert-OH is 1. The molecule has 0 heterocycles. The van der Waals surface area contributed by atoms with Gasteiger partial charge in [-0.1, -0.05) is 30.3 Å². The molecule has 3 nitrogen and oxygen atoms in total. The van der Waals surface area contributed by atoms with E-state index in [2.05, 4.69) is 17.0 Å². The summed E-state index contributed by atoms with van der Waals surface area (Å²) in [7, 11) is 4.03. The largest absolute Gasteiger partial charge is 0.392 e. The maximum Gasteiger partial charge on any atom is 0.0991 e. The summed E-state index contributed by atoms with van der Waals surface area (Å²) in [5, 5.41) is 18.6. The predicted molar refractivity (Wildman–Crippen MR) is 79.9 cm³/mol. The summed E-state index contributed by atoms with van der Waals surface area (Å²) in [4.78, 5) is 2.09. The molecular formula is C17H18N2O. The van der Waals surface area contributed by atoms with Crippen LogP contribution in [-0.4, -0.2) is 24.1 Å². The highest BCUT2D eigenvalue weighted by Crippen LogP contribution is 2.26. The molecule has 0 saturated carbocycles. The predicted octanol–water partition coefficient (Wildman–Crippen LogP) is 2.78. The summed E-state index contributed by atoms with van der Waals surface area (Å²) in [5.41, 5.74) is 4.62. The van der Waals surface area contributed by atoms with Gasteiger partial charge in [-0.3, -0.25) is 0 Å². The first-order chi connectivity index (χ1) is 9.63. The van der Waals surface area contributed by atoms with Gasteiger partial charge in [0.2, 0.25) is 0 Å². The van der Waals surface area contributed by atoms with Crippen molar-refractivity contribution in [3.05, 3.63) is 59.2 Å². The summed E-state index contributed by atoms with van der Waals surface area (Å²) in [6.07, 6.45) is 0. The van der Waals surface area contributed by atoms with Gasteiger partial charge in [0.1, 0.15) is 0 Å². The van der Waals surface area contributed by atoms with E-state index in [1.165, 1.54) is 5.56 Å². The van der Waals surface area contributed by atoms with E-state index in [1.54, 1.807) is 6.07 Å². The molecule has 102 valence electrons. The highest BCUT2D eigenvalue weighted by Gasteiger charge is 2.07. The molecule has 0 aliphatic rings. The van der Waals surface area contributed by atoms with Crippen LogP contribution in [0.25, 0.3) is 11.1 Å². The Hall–Kier alpha value is -2.15. The number of hydrogen-bond acceptors (Lipinski definition) is 3. The van der Waals surface area contributed by atoms with Crippen molar-refractivity contribution in [2.75, 3.05) is 14.1 Å². The van der Waals surface area contributed by atoms with E-state index < -0.39 is 0 Å². The average Bonchev–Trinajstić information content (AvgIpc) is 2.46. The van der Waals surface area contributed by atoms with Gasteiger partial charge in [0.25, 0.3) is 0 Å². The lowest BCUT2D eigenvalue weighted by molar-refractivity contribution is 0.282. The molecule has 2 rings (SSSR count). The van der Waals surface area contributed by atoms with Crippen LogP contribution in [0.15, 0.2) is 42.5 Å². The van der Waals surface area contributed by atoms with Crippen LogP contribution in [-0.2, 0) is 13.2 Å². The molecule has 2 aromatic rings. The molecule has 3 heteroatoms. The summed E-state index contributed by atoms with van der Waals surface area (Å²) < 4.78 is 0. The first kappa shape index (κ1) is 14.3. The van der Waals surface area contributed by atoms with Crippen LogP contribution in [0, 0.1) is 11.3 Å². The van der Waals surface area contributed by atoms with E-state index in [4.69, 9.17) is 5.26 Å². The van der Waals surface area contributed by atoms with E-state index in [9.17, 15) is 5.11 Å². The Labute approximate surface area is 119 Å². The van der Waals surface area contributed by atoms with Gasteiger partial charge in [0.15, 0.2) is 0 Å². The van der Waals surface area contributed by atoms with Crippen LogP contribution in [0.3, 0.4) is 0 Å². The van der Waals surface area contributed by atoms with E-state index in [1.807, 2.05) is 44.4 Å². The number of hydrogen-bond donors (Lipinski definition) is 1. The lowest BCUT2D eigenvalue weighted by atomic mass is 9.96. The Bertz CT molecular complexity index is 642. The molecule has 0 bridgehead atoms. The molecule has 0 aliphatic carbocycles. The molecule has 0 saturated heterocycles. The molecule has 0 fully saturated rings. The second-order valence-electron chi connectivity index (χ2n) is 5.08. The van der Waals surface area contributed by atoms with Crippen molar-refractivity contribution in [2.24, 2.45) is 0 Å². The molecule has 0 spiro atoms. The summed E-state index contributed by atoms with van der Waals surface area (Å²) in [6.45, 7) is 0.832. The standard InChI is InChI=1S/C17H18N2O/c1-19(2)11-14-6-7-17(16(9-14)12-20)15-5-3-4-13(8-15)10-18/h3-9,20H,11-12H2,1-2H3. The lowest BCUT2D eigenvalue weighted by Gasteiger charge is -2.13. The van der Waals surface area contributed by atoms with Gasteiger partial charge < -0.3 is 10.0 Å². The number of nitrogens with zero attached hydrogens (tertiary/aromatic N) is 2. The molecule has 1 N–H and O–H groups in total. The third-order valence-corrected chi connectivity index (χ3v) is 3.14. The van der Waals surface area contributed by atoms with E-state index in [0.717, 1.165) is 23.2 Å². The Morgan fingerprint density at radius 1 is 1.15 bits per heavy atom. The van der Waals surface area contributed by atoms with Crippen molar-refractivity contribution < 1.29 is 5.11 Å². The number of rotatable bonds is 4. The monoisotopic (exact) mass is 266 g/mol. The van der Waals surface area contributed by atoms with Gasteiger partial charge in [-0.05, 0) is 48.5 Å². The fourth-order valence-electron chi connectivity index (χ4n) is 2.28. The molecule has 2 aromatic carbocycles. The Morgan fingerprint density at radius 3 is 2.60 bits per heavy atom. The minimum Gasteiger partial charge on any atom is -0.392 e. The van der Waals surface area contributed by atoms with Crippen molar-refractivity contribution in [2.45, 2.75) is 13.2 Å². The third kappa shape index (κ3) is 3.24. The van der Waals surface area contributed by atoms with Crippen molar-refractivity contribution in [1.29, 1.82) is 5.26 Å². The second kappa shape index (κ2) is 6.33. The van der Waals surface area contributed by atoms with Gasteiger partial charge in [-0.15, -0.1) is 0 Å². The first-order valence-corrected chi connectivity index (χ1v) is 6.52. The molecule has 0 aliphatic heterocycles. The smallest absolute Gasteiger partial charge is 0.0991 e. The fraction of sp³-hybridized carbons (Fsp3) is 0.235. The number of benzene rings is 2. The van der Waals surface area contributed by atoms with E-state index >= 15 is 0 Å². The van der Waals surface area contributed by atoms with Gasteiger partial charge in [0, 0.05) is 6.54 Å². The zero-order valence-corrected chi connectivity index (χ0v) is 11.8. The van der Waals surface area contributed by atoms with Crippen LogP contribution in [0.1, 0.15) is 16.7 Å². The van der Waals surface area contributed by atoms with Crippen LogP contribution in [0.5, 0.6) is 0 Å². The van der Waals surface area contributed by atoms with E-state index in [0.29, 0.717) is 5.56 Å². The van der Waals surface area contributed by atoms with Crippen molar-refractivity contribution >= 4 is 0 Å². The summed E-state index contributed by atoms with van der Waals surface area (Å²) in [6, 6.07) is 15.7. The molecule has 0 radical (unpaired) electrons. The fourth-order valence-corrected chi connectivity index (χ4v) is 2.28. The molecule has 0 unspecified atom stereocenters. The zero-order chi connectivity index (χ0) is 14.5. The van der Waals surface area contributed by atoms with Crippen molar-refractivity contribution in [1.82, 2.24) is 4.90 Å². The van der Waals surface area contributed by atoms with Gasteiger partial charge >= 0.3 is 0 Å². The van der Waals surface area contributed by atoms with Crippen LogP contribution < -0.4 is 0 Å². The Kier molecular flexibility index (Phi) is 4.52. The summed E-state index contributed by atoms with van der Waals surface area (Å²) in [5.74, 6) is 0. The average molecular weight is 266 g/mol. The minimum absolute atomic E-state index is 0.00656. The molecular weight excluding hydrogens is 248 g/mol. The highest BCUT2D eigenvalue weighted by atomic mass is 16.3. The van der Waals surface area contributed by atoms with Gasteiger partial charge in [-0.25, -0.2) is 0 Å². The maximum atomic E-state index is 9.59. The van der Waals surface area contributed by atoms with Crippen molar-refractivity contribution in [3.8, 4) is 17.2 Å². The summed E-state index contributed by atoms with van der Waals surface area (Å²) >= 11 is 0. The molecule has 20 heavy (non-hydrogen) atoms. The van der Waals surface area contributed by atoms with Crippen molar-refractivity contribution in [3.63, 3.8) is 0 Å². The van der Waals surface area contributed by atoms with Gasteiger partial charge in [-0.2, -0.15) is 5.26 Å². The maximum absolute atomic E-state index is 9.59. The van der Waals surface area contributed by atoms with Crippen LogP contribution in [0.4, 0.5) is 0 Å². The third-order valence-electron chi connectivity index (χ3n) is 3.14. The second-order valence-corrected chi connectivity index (χ2v) is 5.08. The minimum atomic E-state index is -0.00656.